The summed E-state index contributed by atoms with van der Waals surface area (Å²) in [6.45, 7) is 0. The first-order chi connectivity index (χ1) is 15.0. The monoisotopic (exact) mass is 448 g/mol. The lowest BCUT2D eigenvalue weighted by Gasteiger charge is -2.20. The average Bonchev–Trinajstić information content (AvgIpc) is 2.77. The predicted octanol–water partition coefficient (Wildman–Crippen LogP) is 6.23. The standard InChI is InChI=1S/C25H18Cl2N2O2/c26-19-11-18(12-20(27)14-19)25(31)29-21-8-3-7-17(13-21)24(28-15-30)23-10-4-6-16-5-1-2-9-22(16)23/h1-15,24H,(H,28,30)(H,29,31). The van der Waals surface area contributed by atoms with Crippen LogP contribution in [0.25, 0.3) is 10.8 Å². The zero-order chi connectivity index (χ0) is 21.8. The van der Waals surface area contributed by atoms with Crippen LogP contribution in [0, 0.1) is 0 Å². The van der Waals surface area contributed by atoms with E-state index in [1.807, 2.05) is 60.7 Å². The summed E-state index contributed by atoms with van der Waals surface area (Å²) in [5.41, 5.74) is 2.76. The van der Waals surface area contributed by atoms with E-state index in [2.05, 4.69) is 10.6 Å². The van der Waals surface area contributed by atoms with Gasteiger partial charge in [-0.05, 0) is 52.2 Å². The smallest absolute Gasteiger partial charge is 0.255 e. The Labute approximate surface area is 189 Å². The van der Waals surface area contributed by atoms with E-state index in [0.29, 0.717) is 27.7 Å². The van der Waals surface area contributed by atoms with Gasteiger partial charge in [0.15, 0.2) is 0 Å². The molecule has 0 radical (unpaired) electrons. The molecule has 154 valence electrons. The molecule has 4 aromatic rings. The van der Waals surface area contributed by atoms with Gasteiger partial charge in [0.25, 0.3) is 5.91 Å². The molecule has 0 spiro atoms. The lowest BCUT2D eigenvalue weighted by molar-refractivity contribution is -0.110. The average molecular weight is 449 g/mol. The van der Waals surface area contributed by atoms with Crippen molar-refractivity contribution in [1.82, 2.24) is 5.32 Å². The summed E-state index contributed by atoms with van der Waals surface area (Å²) in [6, 6.07) is 25.7. The van der Waals surface area contributed by atoms with Gasteiger partial charge in [0.1, 0.15) is 0 Å². The number of fused-ring (bicyclic) bond motifs is 1. The molecule has 0 aliphatic carbocycles. The molecule has 1 unspecified atom stereocenters. The van der Waals surface area contributed by atoms with Crippen LogP contribution in [-0.2, 0) is 4.79 Å². The molecule has 0 saturated heterocycles. The van der Waals surface area contributed by atoms with Crippen molar-refractivity contribution in [2.24, 2.45) is 0 Å². The third-order valence-corrected chi connectivity index (χ3v) is 5.41. The Kier molecular flexibility index (Phi) is 6.21. The van der Waals surface area contributed by atoms with Crippen LogP contribution in [0.1, 0.15) is 27.5 Å². The Morgan fingerprint density at radius 2 is 1.55 bits per heavy atom. The van der Waals surface area contributed by atoms with E-state index in [4.69, 9.17) is 23.2 Å². The van der Waals surface area contributed by atoms with E-state index in [1.54, 1.807) is 24.3 Å². The maximum Gasteiger partial charge on any atom is 0.255 e. The molecular weight excluding hydrogens is 431 g/mol. The predicted molar refractivity (Wildman–Crippen MR) is 126 cm³/mol. The van der Waals surface area contributed by atoms with Gasteiger partial charge in [-0.1, -0.05) is 77.8 Å². The summed E-state index contributed by atoms with van der Waals surface area (Å²) in [5.74, 6) is -0.327. The quantitative estimate of drug-likeness (QED) is 0.343. The summed E-state index contributed by atoms with van der Waals surface area (Å²) < 4.78 is 0. The molecule has 0 aliphatic heterocycles. The number of carbonyl (C=O) groups excluding carboxylic acids is 2. The zero-order valence-corrected chi connectivity index (χ0v) is 17.8. The van der Waals surface area contributed by atoms with Crippen LogP contribution in [0.2, 0.25) is 10.0 Å². The molecule has 4 rings (SSSR count). The highest BCUT2D eigenvalue weighted by atomic mass is 35.5. The van der Waals surface area contributed by atoms with Crippen molar-refractivity contribution in [3.63, 3.8) is 0 Å². The summed E-state index contributed by atoms with van der Waals surface area (Å²) >= 11 is 12.0. The number of anilines is 1. The Hall–Kier alpha value is -3.34. The van der Waals surface area contributed by atoms with Crippen LogP contribution in [-0.4, -0.2) is 12.3 Å². The minimum absolute atomic E-state index is 0.327. The van der Waals surface area contributed by atoms with Gasteiger partial charge < -0.3 is 10.6 Å². The molecular formula is C25H18Cl2N2O2. The van der Waals surface area contributed by atoms with Gasteiger partial charge in [-0.3, -0.25) is 9.59 Å². The molecule has 2 amide bonds. The highest BCUT2D eigenvalue weighted by molar-refractivity contribution is 6.35. The second-order valence-corrected chi connectivity index (χ2v) is 7.90. The number of halogens is 2. The van der Waals surface area contributed by atoms with Gasteiger partial charge in [-0.2, -0.15) is 0 Å². The Bertz CT molecular complexity index is 1250. The number of carbonyl (C=O) groups is 2. The van der Waals surface area contributed by atoms with Crippen molar-refractivity contribution in [3.05, 3.63) is 112 Å². The third-order valence-electron chi connectivity index (χ3n) is 4.97. The van der Waals surface area contributed by atoms with Crippen molar-refractivity contribution < 1.29 is 9.59 Å². The third kappa shape index (κ3) is 4.71. The van der Waals surface area contributed by atoms with Gasteiger partial charge >= 0.3 is 0 Å². The van der Waals surface area contributed by atoms with Crippen LogP contribution in [0.3, 0.4) is 0 Å². The first kappa shape index (κ1) is 20.9. The zero-order valence-electron chi connectivity index (χ0n) is 16.3. The van der Waals surface area contributed by atoms with Crippen molar-refractivity contribution in [2.75, 3.05) is 5.32 Å². The molecule has 0 bridgehead atoms. The first-order valence-corrected chi connectivity index (χ1v) is 10.4. The van der Waals surface area contributed by atoms with Crippen LogP contribution < -0.4 is 10.6 Å². The van der Waals surface area contributed by atoms with Crippen LogP contribution in [0.4, 0.5) is 5.69 Å². The van der Waals surface area contributed by atoms with E-state index in [0.717, 1.165) is 21.9 Å². The van der Waals surface area contributed by atoms with Crippen LogP contribution >= 0.6 is 23.2 Å². The fourth-order valence-electron chi connectivity index (χ4n) is 3.62. The first-order valence-electron chi connectivity index (χ1n) is 9.60. The normalized spacial score (nSPS) is 11.7. The largest absolute Gasteiger partial charge is 0.348 e. The minimum atomic E-state index is -0.374. The molecule has 4 aromatic carbocycles. The van der Waals surface area contributed by atoms with Crippen molar-refractivity contribution >= 4 is 52.0 Å². The molecule has 0 fully saturated rings. The van der Waals surface area contributed by atoms with E-state index >= 15 is 0 Å². The lowest BCUT2D eigenvalue weighted by Crippen LogP contribution is -2.21. The minimum Gasteiger partial charge on any atom is -0.348 e. The number of hydrogen-bond acceptors (Lipinski definition) is 2. The number of nitrogens with one attached hydrogen (secondary N) is 2. The number of rotatable bonds is 6. The van der Waals surface area contributed by atoms with Crippen molar-refractivity contribution in [3.8, 4) is 0 Å². The summed E-state index contributed by atoms with van der Waals surface area (Å²) in [7, 11) is 0. The van der Waals surface area contributed by atoms with Gasteiger partial charge in [-0.25, -0.2) is 0 Å². The number of amides is 2. The maximum absolute atomic E-state index is 12.7. The molecule has 31 heavy (non-hydrogen) atoms. The van der Waals surface area contributed by atoms with Crippen molar-refractivity contribution in [2.45, 2.75) is 6.04 Å². The van der Waals surface area contributed by atoms with E-state index in [9.17, 15) is 9.59 Å². The van der Waals surface area contributed by atoms with E-state index in [1.165, 1.54) is 0 Å². The molecule has 1 atom stereocenters. The molecule has 4 nitrogen and oxygen atoms in total. The molecule has 0 heterocycles. The Morgan fingerprint density at radius 1 is 0.839 bits per heavy atom. The highest BCUT2D eigenvalue weighted by Crippen LogP contribution is 2.30. The molecule has 0 aromatic heterocycles. The highest BCUT2D eigenvalue weighted by Gasteiger charge is 2.17. The fourth-order valence-corrected chi connectivity index (χ4v) is 4.15. The molecule has 6 heteroatoms. The van der Waals surface area contributed by atoms with Crippen LogP contribution in [0.15, 0.2) is 84.9 Å². The Balaban J connectivity index is 1.68. The lowest BCUT2D eigenvalue weighted by atomic mass is 9.93. The fraction of sp³-hybridized carbons (Fsp3) is 0.0400. The second-order valence-electron chi connectivity index (χ2n) is 7.02. The van der Waals surface area contributed by atoms with Crippen LogP contribution in [0.5, 0.6) is 0 Å². The summed E-state index contributed by atoms with van der Waals surface area (Å²) in [5, 5.41) is 8.68. The molecule has 0 saturated carbocycles. The van der Waals surface area contributed by atoms with Gasteiger partial charge in [-0.15, -0.1) is 0 Å². The molecule has 2 N–H and O–H groups in total. The van der Waals surface area contributed by atoms with E-state index in [-0.39, 0.29) is 11.9 Å². The number of benzene rings is 4. The maximum atomic E-state index is 12.7. The van der Waals surface area contributed by atoms with Gasteiger partial charge in [0.05, 0.1) is 6.04 Å². The van der Waals surface area contributed by atoms with Gasteiger partial charge in [0.2, 0.25) is 6.41 Å². The topological polar surface area (TPSA) is 58.2 Å². The van der Waals surface area contributed by atoms with Gasteiger partial charge in [0, 0.05) is 21.3 Å². The Morgan fingerprint density at radius 3 is 2.32 bits per heavy atom. The molecule has 0 aliphatic rings. The number of hydrogen-bond donors (Lipinski definition) is 2. The summed E-state index contributed by atoms with van der Waals surface area (Å²) in [4.78, 5) is 24.1. The summed E-state index contributed by atoms with van der Waals surface area (Å²) in [6.07, 6.45) is 0.686. The SMILES string of the molecule is O=CNC(c1cccc(NC(=O)c2cc(Cl)cc(Cl)c2)c1)c1cccc2ccccc12. The van der Waals surface area contributed by atoms with E-state index < -0.39 is 0 Å². The van der Waals surface area contributed by atoms with Crippen molar-refractivity contribution in [1.29, 1.82) is 0 Å². The second kappa shape index (κ2) is 9.21.